The molecule has 0 bridgehead atoms. The second-order valence-corrected chi connectivity index (χ2v) is 7.10. The zero-order chi connectivity index (χ0) is 14.3. The zero-order valence-corrected chi connectivity index (χ0v) is 13.2. The van der Waals surface area contributed by atoms with Crippen LogP contribution in [0.25, 0.3) is 0 Å². The molecule has 0 fully saturated rings. The van der Waals surface area contributed by atoms with E-state index in [0.29, 0.717) is 18.9 Å². The smallest absolute Gasteiger partial charge is 0.246 e. The van der Waals surface area contributed by atoms with Crippen LogP contribution in [0.4, 0.5) is 5.82 Å². The van der Waals surface area contributed by atoms with E-state index in [2.05, 4.69) is 10.3 Å². The standard InChI is InChI=1S/C12H21N3O2S2/c1-4-7-13-12-11(6-5-8-14-12)19(16,17)15(2)9-10-18-3/h5-6,8H,4,7,9-10H2,1-3H3,(H,13,14). The van der Waals surface area contributed by atoms with E-state index in [-0.39, 0.29) is 4.90 Å². The summed E-state index contributed by atoms with van der Waals surface area (Å²) in [6, 6.07) is 3.24. The molecule has 0 amide bonds. The maximum absolute atomic E-state index is 12.5. The summed E-state index contributed by atoms with van der Waals surface area (Å²) in [7, 11) is -1.88. The van der Waals surface area contributed by atoms with Crippen molar-refractivity contribution in [2.45, 2.75) is 18.2 Å². The van der Waals surface area contributed by atoms with Gasteiger partial charge in [-0.05, 0) is 24.8 Å². The Balaban J connectivity index is 3.00. The molecule has 0 aliphatic heterocycles. The molecule has 0 aromatic carbocycles. The van der Waals surface area contributed by atoms with E-state index in [4.69, 9.17) is 0 Å². The summed E-state index contributed by atoms with van der Waals surface area (Å²) in [5.74, 6) is 1.20. The number of aromatic nitrogens is 1. The zero-order valence-electron chi connectivity index (χ0n) is 11.6. The third kappa shape index (κ3) is 4.36. The molecular weight excluding hydrogens is 282 g/mol. The van der Waals surface area contributed by atoms with E-state index in [9.17, 15) is 8.42 Å². The van der Waals surface area contributed by atoms with Crippen molar-refractivity contribution < 1.29 is 8.42 Å². The quantitative estimate of drug-likeness (QED) is 0.794. The van der Waals surface area contributed by atoms with Gasteiger partial charge in [-0.2, -0.15) is 16.1 Å². The average molecular weight is 303 g/mol. The van der Waals surface area contributed by atoms with E-state index >= 15 is 0 Å². The molecule has 5 nitrogen and oxygen atoms in total. The van der Waals surface area contributed by atoms with E-state index in [0.717, 1.165) is 12.2 Å². The number of thioether (sulfide) groups is 1. The van der Waals surface area contributed by atoms with Gasteiger partial charge in [0, 0.05) is 32.1 Å². The first-order valence-corrected chi connectivity index (χ1v) is 9.01. The second kappa shape index (κ2) is 7.72. The van der Waals surface area contributed by atoms with E-state index in [1.807, 2.05) is 13.2 Å². The van der Waals surface area contributed by atoms with Gasteiger partial charge < -0.3 is 5.32 Å². The minimum atomic E-state index is -3.48. The number of nitrogens with zero attached hydrogens (tertiary/aromatic N) is 2. The van der Waals surface area contributed by atoms with Gasteiger partial charge in [0.1, 0.15) is 10.7 Å². The van der Waals surface area contributed by atoms with Crippen molar-refractivity contribution in [3.63, 3.8) is 0 Å². The van der Waals surface area contributed by atoms with Crippen LogP contribution in [0, 0.1) is 0 Å². The first-order valence-electron chi connectivity index (χ1n) is 6.18. The Hall–Kier alpha value is -0.790. The van der Waals surface area contributed by atoms with E-state index in [1.54, 1.807) is 37.1 Å². The van der Waals surface area contributed by atoms with Crippen LogP contribution in [0.15, 0.2) is 23.2 Å². The number of rotatable bonds is 8. The lowest BCUT2D eigenvalue weighted by molar-refractivity contribution is 0.488. The summed E-state index contributed by atoms with van der Waals surface area (Å²) in [5, 5.41) is 3.06. The summed E-state index contributed by atoms with van der Waals surface area (Å²) < 4.78 is 26.3. The number of anilines is 1. The van der Waals surface area contributed by atoms with Crippen LogP contribution >= 0.6 is 11.8 Å². The molecule has 0 unspecified atom stereocenters. The highest BCUT2D eigenvalue weighted by Gasteiger charge is 2.24. The fourth-order valence-corrected chi connectivity index (χ4v) is 3.34. The Morgan fingerprint density at radius 3 is 2.84 bits per heavy atom. The predicted octanol–water partition coefficient (Wildman–Crippen LogP) is 1.89. The molecule has 7 heteroatoms. The fraction of sp³-hybridized carbons (Fsp3) is 0.583. The molecular formula is C12H21N3O2S2. The molecule has 1 aromatic heterocycles. The number of hydrogen-bond acceptors (Lipinski definition) is 5. The number of hydrogen-bond donors (Lipinski definition) is 1. The van der Waals surface area contributed by atoms with Crippen molar-refractivity contribution in [3.05, 3.63) is 18.3 Å². The van der Waals surface area contributed by atoms with Crippen molar-refractivity contribution >= 4 is 27.6 Å². The summed E-state index contributed by atoms with van der Waals surface area (Å²) in [5.41, 5.74) is 0. The molecule has 1 heterocycles. The number of sulfonamides is 1. The van der Waals surface area contributed by atoms with Gasteiger partial charge in [-0.25, -0.2) is 13.4 Å². The third-order valence-corrected chi connectivity index (χ3v) is 5.09. The second-order valence-electron chi connectivity index (χ2n) is 4.10. The maximum atomic E-state index is 12.5. The van der Waals surface area contributed by atoms with Crippen LogP contribution in [0.3, 0.4) is 0 Å². The van der Waals surface area contributed by atoms with Crippen LogP contribution < -0.4 is 5.32 Å². The molecule has 1 rings (SSSR count). The highest BCUT2D eigenvalue weighted by Crippen LogP contribution is 2.21. The van der Waals surface area contributed by atoms with Crippen molar-refractivity contribution in [2.75, 3.05) is 37.5 Å². The first kappa shape index (κ1) is 16.3. The Kier molecular flexibility index (Phi) is 6.60. The molecule has 0 saturated heterocycles. The van der Waals surface area contributed by atoms with Gasteiger partial charge in [-0.3, -0.25) is 0 Å². The van der Waals surface area contributed by atoms with Gasteiger partial charge in [0.25, 0.3) is 0 Å². The lowest BCUT2D eigenvalue weighted by atomic mass is 10.4. The molecule has 1 N–H and O–H groups in total. The van der Waals surface area contributed by atoms with Crippen LogP contribution in [0.2, 0.25) is 0 Å². The molecule has 19 heavy (non-hydrogen) atoms. The Morgan fingerprint density at radius 1 is 1.47 bits per heavy atom. The largest absolute Gasteiger partial charge is 0.369 e. The Bertz CT molecular complexity index is 492. The van der Waals surface area contributed by atoms with Crippen molar-refractivity contribution in [2.24, 2.45) is 0 Å². The molecule has 0 radical (unpaired) electrons. The molecule has 0 aliphatic rings. The minimum absolute atomic E-state index is 0.243. The van der Waals surface area contributed by atoms with Gasteiger partial charge in [0.05, 0.1) is 0 Å². The van der Waals surface area contributed by atoms with Crippen LogP contribution in [-0.4, -0.2) is 49.9 Å². The fourth-order valence-electron chi connectivity index (χ4n) is 1.48. The van der Waals surface area contributed by atoms with Crippen molar-refractivity contribution in [1.29, 1.82) is 0 Å². The van der Waals surface area contributed by atoms with Crippen LogP contribution in [-0.2, 0) is 10.0 Å². The topological polar surface area (TPSA) is 62.3 Å². The maximum Gasteiger partial charge on any atom is 0.246 e. The summed E-state index contributed by atoms with van der Waals surface area (Å²) >= 11 is 1.62. The number of nitrogens with one attached hydrogen (secondary N) is 1. The summed E-state index contributed by atoms with van der Waals surface area (Å²) in [4.78, 5) is 4.37. The molecule has 0 saturated carbocycles. The lowest BCUT2D eigenvalue weighted by Crippen LogP contribution is -2.30. The van der Waals surface area contributed by atoms with Gasteiger partial charge in [-0.15, -0.1) is 0 Å². The molecule has 108 valence electrons. The average Bonchev–Trinajstić information content (AvgIpc) is 2.42. The normalized spacial score (nSPS) is 11.8. The van der Waals surface area contributed by atoms with Crippen molar-refractivity contribution in [3.8, 4) is 0 Å². The predicted molar refractivity (Wildman–Crippen MR) is 81.2 cm³/mol. The summed E-state index contributed by atoms with van der Waals surface area (Å²) in [6.07, 6.45) is 4.47. The Morgan fingerprint density at radius 2 is 2.21 bits per heavy atom. The van der Waals surface area contributed by atoms with E-state index in [1.165, 1.54) is 4.31 Å². The molecule has 0 atom stereocenters. The van der Waals surface area contributed by atoms with Crippen LogP contribution in [0.1, 0.15) is 13.3 Å². The third-order valence-electron chi connectivity index (χ3n) is 2.61. The number of pyridine rings is 1. The van der Waals surface area contributed by atoms with Gasteiger partial charge in [-0.1, -0.05) is 6.92 Å². The van der Waals surface area contributed by atoms with E-state index < -0.39 is 10.0 Å². The van der Waals surface area contributed by atoms with Crippen LogP contribution in [0.5, 0.6) is 0 Å². The molecule has 0 spiro atoms. The summed E-state index contributed by atoms with van der Waals surface area (Å²) in [6.45, 7) is 3.22. The van der Waals surface area contributed by atoms with Gasteiger partial charge >= 0.3 is 0 Å². The SMILES string of the molecule is CCCNc1ncccc1S(=O)(=O)N(C)CCSC. The molecule has 0 aliphatic carbocycles. The molecule has 1 aromatic rings. The monoisotopic (exact) mass is 303 g/mol. The first-order chi connectivity index (χ1) is 9.04. The lowest BCUT2D eigenvalue weighted by Gasteiger charge is -2.18. The van der Waals surface area contributed by atoms with Crippen molar-refractivity contribution in [1.82, 2.24) is 9.29 Å². The Labute approximate surface area is 119 Å². The minimum Gasteiger partial charge on any atom is -0.369 e. The van der Waals surface area contributed by atoms with Gasteiger partial charge in [0.15, 0.2) is 0 Å². The van der Waals surface area contributed by atoms with Gasteiger partial charge in [0.2, 0.25) is 10.0 Å². The highest BCUT2D eigenvalue weighted by atomic mass is 32.2. The highest BCUT2D eigenvalue weighted by molar-refractivity contribution is 7.98.